The van der Waals surface area contributed by atoms with Crippen molar-refractivity contribution in [3.63, 3.8) is 0 Å². The number of benzene rings is 1. The summed E-state index contributed by atoms with van der Waals surface area (Å²) in [6, 6.07) is 8.12. The number of guanidine groups is 1. The lowest BCUT2D eigenvalue weighted by molar-refractivity contribution is 0.163. The summed E-state index contributed by atoms with van der Waals surface area (Å²) >= 11 is 1.69. The molecule has 1 aromatic heterocycles. The van der Waals surface area contributed by atoms with Gasteiger partial charge in [0, 0.05) is 26.2 Å². The summed E-state index contributed by atoms with van der Waals surface area (Å²) in [5, 5.41) is 1.02. The van der Waals surface area contributed by atoms with Gasteiger partial charge in [-0.25, -0.2) is 9.78 Å². The molecule has 7 nitrogen and oxygen atoms in total. The number of amides is 1. The molecule has 2 heterocycles. The van der Waals surface area contributed by atoms with Crippen LogP contribution in [0.4, 0.5) is 9.93 Å². The molecule has 1 saturated heterocycles. The van der Waals surface area contributed by atoms with Crippen molar-refractivity contribution < 1.29 is 9.53 Å². The number of fused-ring (bicyclic) bond motifs is 1. The fourth-order valence-corrected chi connectivity index (χ4v) is 3.46. The maximum atomic E-state index is 11.3. The summed E-state index contributed by atoms with van der Waals surface area (Å²) in [5.74, 6) is 0.215. The van der Waals surface area contributed by atoms with Crippen molar-refractivity contribution in [2.45, 2.75) is 6.92 Å². The zero-order valence-electron chi connectivity index (χ0n) is 12.9. The summed E-state index contributed by atoms with van der Waals surface area (Å²) in [6.45, 7) is 5.01. The maximum absolute atomic E-state index is 11.3. The predicted molar refractivity (Wildman–Crippen MR) is 92.1 cm³/mol. The Bertz CT molecular complexity index is 688. The van der Waals surface area contributed by atoms with Crippen LogP contribution >= 0.6 is 11.3 Å². The number of thiazole rings is 1. The van der Waals surface area contributed by atoms with E-state index in [-0.39, 0.29) is 5.96 Å². The van der Waals surface area contributed by atoms with Crippen LogP contribution < -0.4 is 10.6 Å². The SMILES string of the molecule is CCOC(=O)N=C(N)N1CCN(c2nc3ccccc3s2)CC1. The molecular formula is C15H19N5O2S. The van der Waals surface area contributed by atoms with Gasteiger partial charge in [0.05, 0.1) is 16.8 Å². The molecule has 1 fully saturated rings. The van der Waals surface area contributed by atoms with E-state index in [1.807, 2.05) is 23.1 Å². The van der Waals surface area contributed by atoms with Gasteiger partial charge < -0.3 is 20.3 Å². The van der Waals surface area contributed by atoms with E-state index in [4.69, 9.17) is 10.5 Å². The van der Waals surface area contributed by atoms with Crippen LogP contribution in [0.3, 0.4) is 0 Å². The number of para-hydroxylation sites is 1. The number of aliphatic imine (C=N–C) groups is 1. The summed E-state index contributed by atoms with van der Waals surface area (Å²) in [5.41, 5.74) is 6.89. The van der Waals surface area contributed by atoms with Gasteiger partial charge >= 0.3 is 6.09 Å². The second-order valence-electron chi connectivity index (χ2n) is 5.11. The third-order valence-electron chi connectivity index (χ3n) is 3.63. The van der Waals surface area contributed by atoms with E-state index in [0.717, 1.165) is 23.7 Å². The fourth-order valence-electron chi connectivity index (χ4n) is 2.44. The Morgan fingerprint density at radius 1 is 1.35 bits per heavy atom. The Balaban J connectivity index is 1.63. The van der Waals surface area contributed by atoms with Crippen LogP contribution in [0.15, 0.2) is 29.3 Å². The Kier molecular flexibility index (Phi) is 4.61. The first-order valence-corrected chi connectivity index (χ1v) is 8.35. The topological polar surface area (TPSA) is 84.0 Å². The van der Waals surface area contributed by atoms with Crippen LogP contribution in [-0.4, -0.2) is 54.7 Å². The first-order chi connectivity index (χ1) is 11.2. The first kappa shape index (κ1) is 15.5. The molecule has 0 bridgehead atoms. The Morgan fingerprint density at radius 3 is 2.78 bits per heavy atom. The minimum Gasteiger partial charge on any atom is -0.448 e. The molecule has 2 aromatic rings. The zero-order valence-corrected chi connectivity index (χ0v) is 13.8. The van der Waals surface area contributed by atoms with Gasteiger partial charge in [-0.3, -0.25) is 0 Å². The monoisotopic (exact) mass is 333 g/mol. The molecule has 2 N–H and O–H groups in total. The number of nitrogens with two attached hydrogens (primary N) is 1. The van der Waals surface area contributed by atoms with Gasteiger partial charge in [0.15, 0.2) is 5.13 Å². The Morgan fingerprint density at radius 2 is 2.09 bits per heavy atom. The molecule has 0 atom stereocenters. The average Bonchev–Trinajstić information content (AvgIpc) is 2.99. The number of carbonyl (C=O) groups is 1. The lowest BCUT2D eigenvalue weighted by atomic mass is 10.3. The quantitative estimate of drug-likeness (QED) is 0.667. The number of ether oxygens (including phenoxy) is 1. The maximum Gasteiger partial charge on any atom is 0.436 e. The van der Waals surface area contributed by atoms with Crippen molar-refractivity contribution in [2.24, 2.45) is 10.7 Å². The normalized spacial score (nSPS) is 16.0. The van der Waals surface area contributed by atoms with E-state index in [9.17, 15) is 4.79 Å². The van der Waals surface area contributed by atoms with E-state index >= 15 is 0 Å². The predicted octanol–water partition coefficient (Wildman–Crippen LogP) is 1.89. The van der Waals surface area contributed by atoms with Gasteiger partial charge in [-0.2, -0.15) is 0 Å². The molecule has 122 valence electrons. The summed E-state index contributed by atoms with van der Waals surface area (Å²) in [7, 11) is 0. The van der Waals surface area contributed by atoms with Gasteiger partial charge in [-0.15, -0.1) is 4.99 Å². The summed E-state index contributed by atoms with van der Waals surface area (Å²) in [6.07, 6.45) is -0.640. The molecule has 1 aliphatic heterocycles. The smallest absolute Gasteiger partial charge is 0.436 e. The standard InChI is InChI=1S/C15H19N5O2S/c1-2-22-15(21)18-13(16)19-7-9-20(10-8-19)14-17-11-5-3-4-6-12(11)23-14/h3-6H,2,7-10H2,1H3,(H2,16,18,21). The number of rotatable bonds is 2. The molecule has 0 aliphatic carbocycles. The molecular weight excluding hydrogens is 314 g/mol. The summed E-state index contributed by atoms with van der Waals surface area (Å²) < 4.78 is 5.96. The molecule has 0 unspecified atom stereocenters. The Hall–Kier alpha value is -2.35. The van der Waals surface area contributed by atoms with Crippen LogP contribution in [0.5, 0.6) is 0 Å². The molecule has 1 amide bonds. The van der Waals surface area contributed by atoms with Gasteiger partial charge in [0.1, 0.15) is 0 Å². The van der Waals surface area contributed by atoms with Crippen LogP contribution in [0.2, 0.25) is 0 Å². The number of hydrogen-bond acceptors (Lipinski definition) is 5. The van der Waals surface area contributed by atoms with E-state index in [1.165, 1.54) is 4.70 Å². The van der Waals surface area contributed by atoms with Crippen LogP contribution in [-0.2, 0) is 4.74 Å². The summed E-state index contributed by atoms with van der Waals surface area (Å²) in [4.78, 5) is 23.9. The van der Waals surface area contributed by atoms with Crippen molar-refractivity contribution in [1.82, 2.24) is 9.88 Å². The largest absolute Gasteiger partial charge is 0.448 e. The van der Waals surface area contributed by atoms with Crippen molar-refractivity contribution in [3.05, 3.63) is 24.3 Å². The minimum absolute atomic E-state index is 0.215. The minimum atomic E-state index is -0.640. The highest BCUT2D eigenvalue weighted by molar-refractivity contribution is 7.22. The van der Waals surface area contributed by atoms with Crippen LogP contribution in [0.25, 0.3) is 10.2 Å². The lowest BCUT2D eigenvalue weighted by Gasteiger charge is -2.34. The number of hydrogen-bond donors (Lipinski definition) is 1. The second kappa shape index (κ2) is 6.82. The molecule has 1 aliphatic rings. The highest BCUT2D eigenvalue weighted by Crippen LogP contribution is 2.28. The van der Waals surface area contributed by atoms with Crippen LogP contribution in [0.1, 0.15) is 6.92 Å². The first-order valence-electron chi connectivity index (χ1n) is 7.53. The average molecular weight is 333 g/mol. The van der Waals surface area contributed by atoms with Gasteiger partial charge in [0.25, 0.3) is 0 Å². The van der Waals surface area contributed by atoms with Gasteiger partial charge in [-0.05, 0) is 19.1 Å². The molecule has 1 aromatic carbocycles. The molecule has 23 heavy (non-hydrogen) atoms. The van der Waals surface area contributed by atoms with Crippen molar-refractivity contribution >= 4 is 38.7 Å². The van der Waals surface area contributed by atoms with Gasteiger partial charge in [-0.1, -0.05) is 23.5 Å². The second-order valence-corrected chi connectivity index (χ2v) is 6.12. The third kappa shape index (κ3) is 3.53. The zero-order chi connectivity index (χ0) is 16.2. The van der Waals surface area contributed by atoms with Gasteiger partial charge in [0.2, 0.25) is 5.96 Å². The van der Waals surface area contributed by atoms with E-state index in [2.05, 4.69) is 20.9 Å². The molecule has 8 heteroatoms. The molecule has 0 spiro atoms. The highest BCUT2D eigenvalue weighted by Gasteiger charge is 2.21. The molecule has 3 rings (SSSR count). The molecule has 0 saturated carbocycles. The Labute approximate surface area is 138 Å². The van der Waals surface area contributed by atoms with Crippen molar-refractivity contribution in [2.75, 3.05) is 37.7 Å². The number of aromatic nitrogens is 1. The number of nitrogens with zero attached hydrogens (tertiary/aromatic N) is 4. The highest BCUT2D eigenvalue weighted by atomic mass is 32.1. The van der Waals surface area contributed by atoms with E-state index < -0.39 is 6.09 Å². The van der Waals surface area contributed by atoms with E-state index in [0.29, 0.717) is 19.7 Å². The number of anilines is 1. The lowest BCUT2D eigenvalue weighted by Crippen LogP contribution is -2.51. The van der Waals surface area contributed by atoms with Crippen molar-refractivity contribution in [1.29, 1.82) is 0 Å². The molecule has 0 radical (unpaired) electrons. The van der Waals surface area contributed by atoms with E-state index in [1.54, 1.807) is 18.3 Å². The third-order valence-corrected chi connectivity index (χ3v) is 4.73. The van der Waals surface area contributed by atoms with Crippen LogP contribution in [0, 0.1) is 0 Å². The fraction of sp³-hybridized carbons (Fsp3) is 0.400. The number of piperazine rings is 1. The van der Waals surface area contributed by atoms with Crippen molar-refractivity contribution in [3.8, 4) is 0 Å². The number of carbonyl (C=O) groups excluding carboxylic acids is 1.